The summed E-state index contributed by atoms with van der Waals surface area (Å²) in [6, 6.07) is 0. The molecule has 0 fully saturated rings. The number of carbonyl (C=O) groups is 3. The first kappa shape index (κ1) is 63.3. The minimum atomic E-state index is -0.801. The van der Waals surface area contributed by atoms with Crippen molar-refractivity contribution in [1.82, 2.24) is 0 Å². The SMILES string of the molecule is CC/C=C\C/C=C\C/C=C\C/C=C\CCCCCCC(=O)OC(COC(=O)CCCCCCC/C=C\C/C=C\CCCC)COC(=O)CCCCCCCCC/C=C\C/C=C\CCCCCC. The number of hydrogen-bond acceptors (Lipinski definition) is 6. The number of rotatable bonds is 49. The molecule has 67 heavy (non-hydrogen) atoms. The Morgan fingerprint density at radius 1 is 0.313 bits per heavy atom. The van der Waals surface area contributed by atoms with Crippen molar-refractivity contribution in [3.63, 3.8) is 0 Å². The highest BCUT2D eigenvalue weighted by Crippen LogP contribution is 2.14. The second kappa shape index (κ2) is 54.9. The van der Waals surface area contributed by atoms with E-state index in [1.165, 1.54) is 77.0 Å². The fraction of sp³-hybridized carbons (Fsp3) is 0.689. The molecule has 0 aliphatic rings. The molecule has 0 N–H and O–H groups in total. The molecule has 6 nitrogen and oxygen atoms in total. The number of unbranched alkanes of at least 4 members (excludes halogenated alkanes) is 22. The van der Waals surface area contributed by atoms with Crippen LogP contribution < -0.4 is 0 Å². The lowest BCUT2D eigenvalue weighted by atomic mass is 10.1. The molecule has 0 radical (unpaired) electrons. The van der Waals surface area contributed by atoms with Crippen LogP contribution in [0.15, 0.2) is 97.2 Å². The standard InChI is InChI=1S/C61H102O6/c1-4-7-10-13-16-19-22-25-28-30-32-33-36-39-42-45-48-51-54-60(63)66-57-58(56-65-59(62)53-50-47-44-41-38-35-27-24-21-18-15-12-9-6-3)67-61(64)55-52-49-46-43-40-37-34-31-29-26-23-20-17-14-11-8-5-2/h8,11,15,17-20,22,24,26-30,34,37,58H,4-7,9-10,12-14,16,21,23,25,31-33,35-36,38-57H2,1-3H3/b11-8-,18-15-,20-17-,22-19-,27-24-,29-26-,30-28-,37-34-. The van der Waals surface area contributed by atoms with E-state index in [0.717, 1.165) is 135 Å². The molecule has 0 aliphatic carbocycles. The van der Waals surface area contributed by atoms with E-state index in [4.69, 9.17) is 14.2 Å². The molecule has 1 atom stereocenters. The predicted molar refractivity (Wildman–Crippen MR) is 288 cm³/mol. The summed E-state index contributed by atoms with van der Waals surface area (Å²) >= 11 is 0. The highest BCUT2D eigenvalue weighted by atomic mass is 16.6. The van der Waals surface area contributed by atoms with Crippen LogP contribution in [0.5, 0.6) is 0 Å². The number of hydrogen-bond donors (Lipinski definition) is 0. The van der Waals surface area contributed by atoms with Crippen molar-refractivity contribution in [2.75, 3.05) is 13.2 Å². The average molecular weight is 931 g/mol. The van der Waals surface area contributed by atoms with Crippen LogP contribution in [-0.2, 0) is 28.6 Å². The van der Waals surface area contributed by atoms with Gasteiger partial charge in [0.1, 0.15) is 13.2 Å². The summed E-state index contributed by atoms with van der Waals surface area (Å²) in [5.74, 6) is -0.942. The van der Waals surface area contributed by atoms with Crippen LogP contribution in [0.25, 0.3) is 0 Å². The van der Waals surface area contributed by atoms with E-state index in [1.54, 1.807) is 0 Å². The summed E-state index contributed by atoms with van der Waals surface area (Å²) in [6.45, 7) is 6.43. The monoisotopic (exact) mass is 931 g/mol. The summed E-state index contributed by atoms with van der Waals surface area (Å²) in [6.07, 6.45) is 72.4. The van der Waals surface area contributed by atoms with E-state index in [0.29, 0.717) is 19.3 Å². The first-order valence-corrected chi connectivity index (χ1v) is 27.7. The molecule has 1 unspecified atom stereocenters. The van der Waals surface area contributed by atoms with Crippen LogP contribution in [0.4, 0.5) is 0 Å². The summed E-state index contributed by atoms with van der Waals surface area (Å²) in [7, 11) is 0. The molecule has 6 heteroatoms. The number of allylic oxidation sites excluding steroid dienone is 16. The Labute approximate surface area is 413 Å². The molecule has 0 aromatic rings. The summed E-state index contributed by atoms with van der Waals surface area (Å²) in [5.41, 5.74) is 0. The summed E-state index contributed by atoms with van der Waals surface area (Å²) in [5, 5.41) is 0. The maximum absolute atomic E-state index is 12.8. The van der Waals surface area contributed by atoms with Gasteiger partial charge in [0.2, 0.25) is 0 Å². The van der Waals surface area contributed by atoms with Gasteiger partial charge >= 0.3 is 17.9 Å². The van der Waals surface area contributed by atoms with Gasteiger partial charge in [0.25, 0.3) is 0 Å². The van der Waals surface area contributed by atoms with Crippen molar-refractivity contribution in [2.45, 2.75) is 258 Å². The molecular weight excluding hydrogens is 829 g/mol. The third-order valence-corrected chi connectivity index (χ3v) is 11.5. The van der Waals surface area contributed by atoms with E-state index in [9.17, 15) is 14.4 Å². The second-order valence-corrected chi connectivity index (χ2v) is 18.1. The van der Waals surface area contributed by atoms with Gasteiger partial charge in [0, 0.05) is 19.3 Å². The van der Waals surface area contributed by atoms with Gasteiger partial charge in [-0.05, 0) is 116 Å². The van der Waals surface area contributed by atoms with Crippen LogP contribution in [0.3, 0.4) is 0 Å². The van der Waals surface area contributed by atoms with Crippen molar-refractivity contribution in [3.8, 4) is 0 Å². The Kier molecular flexibility index (Phi) is 51.9. The number of ether oxygens (including phenoxy) is 3. The van der Waals surface area contributed by atoms with Gasteiger partial charge in [0.15, 0.2) is 6.10 Å². The highest BCUT2D eigenvalue weighted by molar-refractivity contribution is 5.71. The highest BCUT2D eigenvalue weighted by Gasteiger charge is 2.19. The second-order valence-electron chi connectivity index (χ2n) is 18.1. The van der Waals surface area contributed by atoms with Crippen LogP contribution in [-0.4, -0.2) is 37.2 Å². The lowest BCUT2D eigenvalue weighted by molar-refractivity contribution is -0.167. The molecular formula is C61H102O6. The molecule has 0 amide bonds. The minimum Gasteiger partial charge on any atom is -0.462 e. The fourth-order valence-electron chi connectivity index (χ4n) is 7.36. The van der Waals surface area contributed by atoms with Crippen molar-refractivity contribution in [2.24, 2.45) is 0 Å². The molecule has 0 saturated carbocycles. The maximum atomic E-state index is 12.8. The quantitative estimate of drug-likeness (QED) is 0.0262. The summed E-state index contributed by atoms with van der Waals surface area (Å²) in [4.78, 5) is 38.1. The molecule has 0 aromatic heterocycles. The summed E-state index contributed by atoms with van der Waals surface area (Å²) < 4.78 is 16.8. The minimum absolute atomic E-state index is 0.0971. The van der Waals surface area contributed by atoms with E-state index in [1.807, 2.05) is 0 Å². The Bertz CT molecular complexity index is 1350. The van der Waals surface area contributed by atoms with Crippen LogP contribution in [0.1, 0.15) is 252 Å². The van der Waals surface area contributed by atoms with Gasteiger partial charge in [-0.1, -0.05) is 214 Å². The smallest absolute Gasteiger partial charge is 0.306 e. The Morgan fingerprint density at radius 3 is 0.955 bits per heavy atom. The Hall–Kier alpha value is -3.67. The topological polar surface area (TPSA) is 78.9 Å². The van der Waals surface area contributed by atoms with E-state index in [2.05, 4.69) is 118 Å². The largest absolute Gasteiger partial charge is 0.462 e. The normalized spacial score (nSPS) is 12.8. The zero-order chi connectivity index (χ0) is 48.6. The molecule has 0 saturated heterocycles. The van der Waals surface area contributed by atoms with Crippen LogP contribution in [0.2, 0.25) is 0 Å². The lowest BCUT2D eigenvalue weighted by Gasteiger charge is -2.18. The van der Waals surface area contributed by atoms with Gasteiger partial charge in [-0.15, -0.1) is 0 Å². The van der Waals surface area contributed by atoms with Crippen molar-refractivity contribution < 1.29 is 28.6 Å². The molecule has 0 aromatic carbocycles. The third-order valence-electron chi connectivity index (χ3n) is 11.5. The zero-order valence-corrected chi connectivity index (χ0v) is 43.6. The third kappa shape index (κ3) is 53.2. The van der Waals surface area contributed by atoms with E-state index in [-0.39, 0.29) is 31.1 Å². The van der Waals surface area contributed by atoms with Crippen molar-refractivity contribution >= 4 is 17.9 Å². The van der Waals surface area contributed by atoms with E-state index < -0.39 is 6.10 Å². The molecule has 0 aliphatic heterocycles. The molecule has 0 rings (SSSR count). The lowest BCUT2D eigenvalue weighted by Crippen LogP contribution is -2.30. The molecule has 0 spiro atoms. The van der Waals surface area contributed by atoms with E-state index >= 15 is 0 Å². The van der Waals surface area contributed by atoms with Gasteiger partial charge < -0.3 is 14.2 Å². The predicted octanol–water partition coefficient (Wildman–Crippen LogP) is 18.5. The average Bonchev–Trinajstić information content (AvgIpc) is 3.33. The maximum Gasteiger partial charge on any atom is 0.306 e. The van der Waals surface area contributed by atoms with Crippen LogP contribution in [0, 0.1) is 0 Å². The van der Waals surface area contributed by atoms with Crippen LogP contribution >= 0.6 is 0 Å². The molecule has 0 bridgehead atoms. The fourth-order valence-corrected chi connectivity index (χ4v) is 7.36. The van der Waals surface area contributed by atoms with Gasteiger partial charge in [-0.25, -0.2) is 0 Å². The Balaban J connectivity index is 4.47. The van der Waals surface area contributed by atoms with Gasteiger partial charge in [-0.2, -0.15) is 0 Å². The first-order chi connectivity index (χ1) is 33.0. The van der Waals surface area contributed by atoms with Gasteiger partial charge in [0.05, 0.1) is 0 Å². The first-order valence-electron chi connectivity index (χ1n) is 27.7. The van der Waals surface area contributed by atoms with Gasteiger partial charge in [-0.3, -0.25) is 14.4 Å². The van der Waals surface area contributed by atoms with Crippen molar-refractivity contribution in [3.05, 3.63) is 97.2 Å². The zero-order valence-electron chi connectivity index (χ0n) is 43.6. The number of carbonyl (C=O) groups excluding carboxylic acids is 3. The molecule has 0 heterocycles. The Morgan fingerprint density at radius 2 is 0.597 bits per heavy atom. The molecule has 382 valence electrons. The van der Waals surface area contributed by atoms with Crippen molar-refractivity contribution in [1.29, 1.82) is 0 Å². The number of esters is 3.